The number of rotatable bonds is 6. The largest absolute Gasteiger partial charge is 0.477 e. The maximum atomic E-state index is 5.71. The standard InChI is InChI=1S/C15H21N3O.CH4/c1-2-11-18-14(7-1)13-15(16-18)19-12-6-5-10-17-8-3-4-9-17;/h1-2,7,11,13H,3-6,8-10,12H2;1H4. The van der Waals surface area contributed by atoms with Crippen LogP contribution in [0.15, 0.2) is 30.5 Å². The average Bonchev–Trinajstić information content (AvgIpc) is 3.06. The summed E-state index contributed by atoms with van der Waals surface area (Å²) in [6.45, 7) is 4.55. The number of hydrogen-bond acceptors (Lipinski definition) is 3. The second kappa shape index (κ2) is 7.29. The van der Waals surface area contributed by atoms with Gasteiger partial charge in [-0.1, -0.05) is 13.5 Å². The molecule has 1 fully saturated rings. The molecule has 20 heavy (non-hydrogen) atoms. The zero-order valence-electron chi connectivity index (χ0n) is 11.3. The number of likely N-dealkylation sites (tertiary alicyclic amines) is 1. The Morgan fingerprint density at radius 2 is 2.00 bits per heavy atom. The molecule has 0 atom stereocenters. The first kappa shape index (κ1) is 14.9. The Balaban J connectivity index is 0.00000147. The first-order chi connectivity index (χ1) is 9.42. The molecule has 2 aromatic heterocycles. The molecule has 1 saturated heterocycles. The summed E-state index contributed by atoms with van der Waals surface area (Å²) in [5.41, 5.74) is 1.08. The van der Waals surface area contributed by atoms with Gasteiger partial charge in [-0.3, -0.25) is 0 Å². The fourth-order valence-electron chi connectivity index (χ4n) is 2.61. The summed E-state index contributed by atoms with van der Waals surface area (Å²) in [5, 5.41) is 4.37. The molecule has 3 rings (SSSR count). The van der Waals surface area contributed by atoms with Crippen LogP contribution in [0.1, 0.15) is 33.1 Å². The van der Waals surface area contributed by atoms with Crippen molar-refractivity contribution in [3.63, 3.8) is 0 Å². The lowest BCUT2D eigenvalue weighted by molar-refractivity contribution is 0.272. The van der Waals surface area contributed by atoms with E-state index >= 15 is 0 Å². The molecule has 0 N–H and O–H groups in total. The van der Waals surface area contributed by atoms with Crippen LogP contribution in [0.3, 0.4) is 0 Å². The van der Waals surface area contributed by atoms with E-state index in [-0.39, 0.29) is 7.43 Å². The summed E-state index contributed by atoms with van der Waals surface area (Å²) in [4.78, 5) is 2.55. The van der Waals surface area contributed by atoms with Crippen LogP contribution in [-0.2, 0) is 0 Å². The lowest BCUT2D eigenvalue weighted by Crippen LogP contribution is -2.20. The van der Waals surface area contributed by atoms with Crippen molar-refractivity contribution in [2.75, 3.05) is 26.2 Å². The van der Waals surface area contributed by atoms with Gasteiger partial charge in [-0.05, 0) is 57.5 Å². The van der Waals surface area contributed by atoms with Gasteiger partial charge >= 0.3 is 0 Å². The predicted molar refractivity (Wildman–Crippen MR) is 82.3 cm³/mol. The van der Waals surface area contributed by atoms with Crippen molar-refractivity contribution in [1.29, 1.82) is 0 Å². The molecule has 0 bridgehead atoms. The molecular formula is C16H25N3O. The van der Waals surface area contributed by atoms with Crippen molar-refractivity contribution in [2.24, 2.45) is 0 Å². The Labute approximate surface area is 121 Å². The molecule has 0 spiro atoms. The molecule has 0 unspecified atom stereocenters. The third-order valence-electron chi connectivity index (χ3n) is 3.66. The van der Waals surface area contributed by atoms with Crippen LogP contribution < -0.4 is 4.74 Å². The molecule has 2 aromatic rings. The van der Waals surface area contributed by atoms with Crippen LogP contribution in [0, 0.1) is 0 Å². The van der Waals surface area contributed by atoms with E-state index in [1.165, 1.54) is 38.9 Å². The lowest BCUT2D eigenvalue weighted by Gasteiger charge is -2.13. The first-order valence-electron chi connectivity index (χ1n) is 7.21. The zero-order chi connectivity index (χ0) is 12.9. The van der Waals surface area contributed by atoms with Crippen LogP contribution in [-0.4, -0.2) is 40.8 Å². The van der Waals surface area contributed by atoms with E-state index in [9.17, 15) is 0 Å². The molecule has 1 aliphatic rings. The number of pyridine rings is 1. The highest BCUT2D eigenvalue weighted by molar-refractivity contribution is 5.48. The maximum Gasteiger partial charge on any atom is 0.233 e. The Hall–Kier alpha value is -1.55. The van der Waals surface area contributed by atoms with Gasteiger partial charge < -0.3 is 9.64 Å². The van der Waals surface area contributed by atoms with Gasteiger partial charge in [0, 0.05) is 12.3 Å². The van der Waals surface area contributed by atoms with Gasteiger partial charge in [0.1, 0.15) is 0 Å². The van der Waals surface area contributed by atoms with Gasteiger partial charge in [0.2, 0.25) is 5.88 Å². The van der Waals surface area contributed by atoms with Crippen LogP contribution in [0.25, 0.3) is 5.52 Å². The van der Waals surface area contributed by atoms with Crippen molar-refractivity contribution in [1.82, 2.24) is 14.5 Å². The van der Waals surface area contributed by atoms with Crippen LogP contribution >= 0.6 is 0 Å². The quantitative estimate of drug-likeness (QED) is 0.758. The molecule has 4 heteroatoms. The van der Waals surface area contributed by atoms with Crippen LogP contribution in [0.4, 0.5) is 0 Å². The topological polar surface area (TPSA) is 29.8 Å². The van der Waals surface area contributed by atoms with Gasteiger partial charge in [0.05, 0.1) is 12.1 Å². The molecule has 0 amide bonds. The number of hydrogen-bond donors (Lipinski definition) is 0. The van der Waals surface area contributed by atoms with Gasteiger partial charge in [-0.15, -0.1) is 5.10 Å². The maximum absolute atomic E-state index is 5.71. The number of ether oxygens (including phenoxy) is 1. The number of nitrogens with zero attached hydrogens (tertiary/aromatic N) is 3. The van der Waals surface area contributed by atoms with Gasteiger partial charge in [-0.25, -0.2) is 4.52 Å². The summed E-state index contributed by atoms with van der Waals surface area (Å²) < 4.78 is 7.55. The number of fused-ring (bicyclic) bond motifs is 1. The molecule has 1 aliphatic heterocycles. The second-order valence-corrected chi connectivity index (χ2v) is 5.16. The van der Waals surface area contributed by atoms with Crippen LogP contribution in [0.2, 0.25) is 0 Å². The third-order valence-corrected chi connectivity index (χ3v) is 3.66. The summed E-state index contributed by atoms with van der Waals surface area (Å²) in [6, 6.07) is 8.00. The molecule has 0 radical (unpaired) electrons. The van der Waals surface area contributed by atoms with E-state index in [0.717, 1.165) is 24.4 Å². The smallest absolute Gasteiger partial charge is 0.233 e. The zero-order valence-corrected chi connectivity index (χ0v) is 11.3. The van der Waals surface area contributed by atoms with E-state index < -0.39 is 0 Å². The molecule has 4 nitrogen and oxygen atoms in total. The Kier molecular flexibility index (Phi) is 5.41. The van der Waals surface area contributed by atoms with Crippen molar-refractivity contribution in [3.05, 3.63) is 30.5 Å². The van der Waals surface area contributed by atoms with E-state index in [4.69, 9.17) is 4.74 Å². The summed E-state index contributed by atoms with van der Waals surface area (Å²) in [5.74, 6) is 0.729. The van der Waals surface area contributed by atoms with Crippen LogP contribution in [0.5, 0.6) is 5.88 Å². The van der Waals surface area contributed by atoms with E-state index in [1.54, 1.807) is 0 Å². The normalized spacial score (nSPS) is 15.4. The molecule has 110 valence electrons. The Bertz CT molecular complexity index is 484. The molecular weight excluding hydrogens is 250 g/mol. The predicted octanol–water partition coefficient (Wildman–Crippen LogP) is 3.23. The van der Waals surface area contributed by atoms with Gasteiger partial charge in [0.15, 0.2) is 0 Å². The van der Waals surface area contributed by atoms with E-state index in [1.807, 2.05) is 35.0 Å². The molecule has 0 aromatic carbocycles. The highest BCUT2D eigenvalue weighted by Crippen LogP contribution is 2.13. The minimum atomic E-state index is 0. The minimum absolute atomic E-state index is 0. The van der Waals surface area contributed by atoms with E-state index in [2.05, 4.69) is 10.00 Å². The van der Waals surface area contributed by atoms with Crippen molar-refractivity contribution in [3.8, 4) is 5.88 Å². The molecule has 0 saturated carbocycles. The summed E-state index contributed by atoms with van der Waals surface area (Å²) in [6.07, 6.45) is 7.00. The lowest BCUT2D eigenvalue weighted by atomic mass is 10.3. The summed E-state index contributed by atoms with van der Waals surface area (Å²) >= 11 is 0. The first-order valence-corrected chi connectivity index (χ1v) is 7.21. The fourth-order valence-corrected chi connectivity index (χ4v) is 2.61. The summed E-state index contributed by atoms with van der Waals surface area (Å²) in [7, 11) is 0. The highest BCUT2D eigenvalue weighted by Gasteiger charge is 2.10. The van der Waals surface area contributed by atoms with Gasteiger partial charge in [0.25, 0.3) is 0 Å². The Morgan fingerprint density at radius 1 is 1.15 bits per heavy atom. The molecule has 0 aliphatic carbocycles. The van der Waals surface area contributed by atoms with Crippen molar-refractivity contribution < 1.29 is 4.74 Å². The van der Waals surface area contributed by atoms with Crippen molar-refractivity contribution in [2.45, 2.75) is 33.1 Å². The van der Waals surface area contributed by atoms with Crippen molar-refractivity contribution >= 4 is 5.52 Å². The average molecular weight is 275 g/mol. The molecule has 3 heterocycles. The fraction of sp³-hybridized carbons (Fsp3) is 0.562. The SMILES string of the molecule is C.c1ccn2nc(OCCCCN3CCCC3)cc2c1. The number of aromatic nitrogens is 2. The Morgan fingerprint density at radius 3 is 2.80 bits per heavy atom. The minimum Gasteiger partial charge on any atom is -0.477 e. The van der Waals surface area contributed by atoms with Gasteiger partial charge in [-0.2, -0.15) is 0 Å². The van der Waals surface area contributed by atoms with E-state index in [0.29, 0.717) is 0 Å². The second-order valence-electron chi connectivity index (χ2n) is 5.16. The highest BCUT2D eigenvalue weighted by atomic mass is 16.5. The number of unbranched alkanes of at least 4 members (excludes halogenated alkanes) is 1. The third kappa shape index (κ3) is 3.73. The monoisotopic (exact) mass is 275 g/mol.